The maximum absolute atomic E-state index is 12.0. The Balaban J connectivity index is 2.30. The van der Waals surface area contributed by atoms with Gasteiger partial charge in [0, 0.05) is 13.1 Å². The number of nitrogens with one attached hydrogen (secondary N) is 2. The molecule has 1 rings (SSSR count). The van der Waals surface area contributed by atoms with Crippen LogP contribution in [0.2, 0.25) is 0 Å². The molecule has 1 amide bonds. The molecule has 0 saturated carbocycles. The fraction of sp³-hybridized carbons (Fsp3) is 0.929. The van der Waals surface area contributed by atoms with Crippen molar-refractivity contribution in [2.45, 2.75) is 39.7 Å². The summed E-state index contributed by atoms with van der Waals surface area (Å²) in [6.45, 7) is 10.3. The van der Waals surface area contributed by atoms with Gasteiger partial charge in [0.25, 0.3) is 0 Å². The highest BCUT2D eigenvalue weighted by Gasteiger charge is 2.22. The van der Waals surface area contributed by atoms with Gasteiger partial charge in [0.05, 0.1) is 6.04 Å². The van der Waals surface area contributed by atoms with Gasteiger partial charge in [-0.05, 0) is 51.7 Å². The Labute approximate surface area is 111 Å². The summed E-state index contributed by atoms with van der Waals surface area (Å²) in [5.74, 6) is 1.40. The van der Waals surface area contributed by atoms with Gasteiger partial charge in [-0.3, -0.25) is 9.69 Å². The molecule has 1 unspecified atom stereocenters. The van der Waals surface area contributed by atoms with Gasteiger partial charge < -0.3 is 10.6 Å². The first-order chi connectivity index (χ1) is 8.50. The first-order valence-corrected chi connectivity index (χ1v) is 7.19. The number of nitrogens with zero attached hydrogens (tertiary/aromatic N) is 1. The normalized spacial score (nSPS) is 19.2. The molecule has 4 nitrogen and oxygen atoms in total. The van der Waals surface area contributed by atoms with Crippen LogP contribution in [0.4, 0.5) is 0 Å². The molecule has 0 aliphatic carbocycles. The smallest absolute Gasteiger partial charge is 0.237 e. The van der Waals surface area contributed by atoms with Crippen molar-refractivity contribution in [2.24, 2.45) is 11.8 Å². The number of amides is 1. The van der Waals surface area contributed by atoms with E-state index in [1.165, 1.54) is 12.8 Å². The minimum atomic E-state index is -0.0290. The van der Waals surface area contributed by atoms with E-state index >= 15 is 0 Å². The van der Waals surface area contributed by atoms with Gasteiger partial charge in [0.2, 0.25) is 5.91 Å². The van der Waals surface area contributed by atoms with Crippen LogP contribution in [0, 0.1) is 11.8 Å². The van der Waals surface area contributed by atoms with E-state index in [4.69, 9.17) is 0 Å². The first kappa shape index (κ1) is 15.4. The Morgan fingerprint density at radius 3 is 2.50 bits per heavy atom. The molecule has 1 aliphatic heterocycles. The maximum Gasteiger partial charge on any atom is 0.237 e. The zero-order chi connectivity index (χ0) is 13.5. The molecule has 18 heavy (non-hydrogen) atoms. The molecule has 0 aromatic carbocycles. The van der Waals surface area contributed by atoms with E-state index in [1.807, 2.05) is 6.92 Å². The molecule has 0 radical (unpaired) electrons. The predicted molar refractivity (Wildman–Crippen MR) is 75.5 cm³/mol. The van der Waals surface area contributed by atoms with Crippen LogP contribution < -0.4 is 10.6 Å². The quantitative estimate of drug-likeness (QED) is 0.746. The van der Waals surface area contributed by atoms with Gasteiger partial charge in [-0.1, -0.05) is 13.8 Å². The lowest BCUT2D eigenvalue weighted by atomic mass is 9.97. The Hall–Kier alpha value is -0.610. The van der Waals surface area contributed by atoms with Crippen molar-refractivity contribution in [2.75, 3.05) is 33.2 Å². The van der Waals surface area contributed by atoms with Gasteiger partial charge in [-0.2, -0.15) is 0 Å². The SMILES string of the molecule is CC(C)CNC(=O)C(C)N(C)CC1CCNCC1. The Kier molecular flexibility index (Phi) is 6.65. The van der Waals surface area contributed by atoms with Crippen molar-refractivity contribution >= 4 is 5.91 Å². The number of hydrogen-bond acceptors (Lipinski definition) is 3. The van der Waals surface area contributed by atoms with Gasteiger partial charge in [0.1, 0.15) is 0 Å². The third-order valence-electron chi connectivity index (χ3n) is 3.73. The average Bonchev–Trinajstić information content (AvgIpc) is 2.36. The number of hydrogen-bond donors (Lipinski definition) is 2. The molecule has 0 aromatic rings. The summed E-state index contributed by atoms with van der Waals surface area (Å²) in [5, 5.41) is 6.38. The fourth-order valence-corrected chi connectivity index (χ4v) is 2.28. The summed E-state index contributed by atoms with van der Waals surface area (Å²) in [6.07, 6.45) is 2.45. The molecule has 0 bridgehead atoms. The van der Waals surface area contributed by atoms with Crippen LogP contribution >= 0.6 is 0 Å². The van der Waals surface area contributed by atoms with E-state index in [0.717, 1.165) is 32.1 Å². The van der Waals surface area contributed by atoms with Crippen LogP contribution in [0.5, 0.6) is 0 Å². The van der Waals surface area contributed by atoms with Crippen LogP contribution in [0.3, 0.4) is 0 Å². The second-order valence-corrected chi connectivity index (χ2v) is 5.95. The van der Waals surface area contributed by atoms with Crippen molar-refractivity contribution in [1.29, 1.82) is 0 Å². The topological polar surface area (TPSA) is 44.4 Å². The lowest BCUT2D eigenvalue weighted by molar-refractivity contribution is -0.125. The van der Waals surface area contributed by atoms with E-state index in [-0.39, 0.29) is 11.9 Å². The van der Waals surface area contributed by atoms with E-state index in [9.17, 15) is 4.79 Å². The molecular weight excluding hydrogens is 226 g/mol. The minimum absolute atomic E-state index is 0.0290. The lowest BCUT2D eigenvalue weighted by Crippen LogP contribution is -2.46. The molecule has 1 fully saturated rings. The molecule has 0 aromatic heterocycles. The highest BCUT2D eigenvalue weighted by Crippen LogP contribution is 2.14. The van der Waals surface area contributed by atoms with Gasteiger partial charge in [0.15, 0.2) is 0 Å². The van der Waals surface area contributed by atoms with Crippen LogP contribution in [-0.2, 0) is 4.79 Å². The van der Waals surface area contributed by atoms with Crippen molar-refractivity contribution < 1.29 is 4.79 Å². The van der Waals surface area contributed by atoms with Crippen LogP contribution in [-0.4, -0.2) is 50.1 Å². The highest BCUT2D eigenvalue weighted by molar-refractivity contribution is 5.81. The minimum Gasteiger partial charge on any atom is -0.354 e. The number of carbonyl (C=O) groups excluding carboxylic acids is 1. The van der Waals surface area contributed by atoms with Crippen molar-refractivity contribution in [3.63, 3.8) is 0 Å². The molecule has 1 saturated heterocycles. The largest absolute Gasteiger partial charge is 0.354 e. The lowest BCUT2D eigenvalue weighted by Gasteiger charge is -2.30. The van der Waals surface area contributed by atoms with Crippen molar-refractivity contribution in [1.82, 2.24) is 15.5 Å². The monoisotopic (exact) mass is 255 g/mol. The van der Waals surface area contributed by atoms with E-state index in [2.05, 4.69) is 36.4 Å². The first-order valence-electron chi connectivity index (χ1n) is 7.19. The summed E-state index contributed by atoms with van der Waals surface area (Å²) in [6, 6.07) is -0.0290. The molecule has 1 heterocycles. The molecule has 0 spiro atoms. The average molecular weight is 255 g/mol. The molecule has 106 valence electrons. The van der Waals surface area contributed by atoms with Crippen LogP contribution in [0.1, 0.15) is 33.6 Å². The van der Waals surface area contributed by atoms with Gasteiger partial charge in [-0.15, -0.1) is 0 Å². The molecule has 2 N–H and O–H groups in total. The Morgan fingerprint density at radius 2 is 1.94 bits per heavy atom. The summed E-state index contributed by atoms with van der Waals surface area (Å²) in [4.78, 5) is 14.2. The maximum atomic E-state index is 12.0. The zero-order valence-corrected chi connectivity index (χ0v) is 12.3. The van der Waals surface area contributed by atoms with Crippen molar-refractivity contribution in [3.8, 4) is 0 Å². The summed E-state index contributed by atoms with van der Waals surface area (Å²) < 4.78 is 0. The predicted octanol–water partition coefficient (Wildman–Crippen LogP) is 1.08. The zero-order valence-electron chi connectivity index (χ0n) is 12.3. The fourth-order valence-electron chi connectivity index (χ4n) is 2.28. The van der Waals surface area contributed by atoms with Crippen molar-refractivity contribution in [3.05, 3.63) is 0 Å². The van der Waals surface area contributed by atoms with E-state index in [0.29, 0.717) is 5.92 Å². The standard InChI is InChI=1S/C14H29N3O/c1-11(2)9-16-14(18)12(3)17(4)10-13-5-7-15-8-6-13/h11-13,15H,5-10H2,1-4H3,(H,16,18). The van der Waals surface area contributed by atoms with Crippen LogP contribution in [0.25, 0.3) is 0 Å². The van der Waals surface area contributed by atoms with Gasteiger partial charge in [-0.25, -0.2) is 0 Å². The third-order valence-corrected chi connectivity index (χ3v) is 3.73. The molecule has 1 atom stereocenters. The summed E-state index contributed by atoms with van der Waals surface area (Å²) >= 11 is 0. The number of piperidine rings is 1. The summed E-state index contributed by atoms with van der Waals surface area (Å²) in [7, 11) is 2.06. The number of likely N-dealkylation sites (N-methyl/N-ethyl adjacent to an activating group) is 1. The van der Waals surface area contributed by atoms with E-state index in [1.54, 1.807) is 0 Å². The van der Waals surface area contributed by atoms with Crippen LogP contribution in [0.15, 0.2) is 0 Å². The van der Waals surface area contributed by atoms with Gasteiger partial charge >= 0.3 is 0 Å². The molecule has 1 aliphatic rings. The summed E-state index contributed by atoms with van der Waals surface area (Å²) in [5.41, 5.74) is 0. The molecular formula is C14H29N3O. The molecule has 4 heteroatoms. The second kappa shape index (κ2) is 7.74. The Morgan fingerprint density at radius 1 is 1.33 bits per heavy atom. The van der Waals surface area contributed by atoms with E-state index < -0.39 is 0 Å². The second-order valence-electron chi connectivity index (χ2n) is 5.95. The highest BCUT2D eigenvalue weighted by atomic mass is 16.2. The Bertz CT molecular complexity index is 249. The number of carbonyl (C=O) groups is 1. The third kappa shape index (κ3) is 5.36. The number of rotatable bonds is 6.